The zero-order valence-electron chi connectivity index (χ0n) is 12.8. The SMILES string of the molecule is CCCC(C)c1cc(-c2ccccn2)ccc1C(=O)OC. The van der Waals surface area contributed by atoms with Crippen molar-refractivity contribution in [1.29, 1.82) is 0 Å². The molecule has 0 aliphatic rings. The van der Waals surface area contributed by atoms with Gasteiger partial charge in [0.1, 0.15) is 0 Å². The maximum absolute atomic E-state index is 12.0. The number of aromatic nitrogens is 1. The number of ether oxygens (including phenoxy) is 1. The Morgan fingerprint density at radius 3 is 2.71 bits per heavy atom. The first-order valence-electron chi connectivity index (χ1n) is 7.31. The van der Waals surface area contributed by atoms with Gasteiger partial charge >= 0.3 is 5.97 Å². The van der Waals surface area contributed by atoms with Crippen molar-refractivity contribution in [2.75, 3.05) is 7.11 Å². The molecule has 0 fully saturated rings. The maximum atomic E-state index is 12.0. The number of esters is 1. The van der Waals surface area contributed by atoms with Crippen LogP contribution in [0.25, 0.3) is 11.3 Å². The Balaban J connectivity index is 2.48. The molecule has 0 N–H and O–H groups in total. The second kappa shape index (κ2) is 7.02. The van der Waals surface area contributed by atoms with Gasteiger partial charge in [-0.1, -0.05) is 32.4 Å². The fraction of sp³-hybridized carbons (Fsp3) is 0.333. The second-order valence-electron chi connectivity index (χ2n) is 5.20. The van der Waals surface area contributed by atoms with E-state index < -0.39 is 0 Å². The maximum Gasteiger partial charge on any atom is 0.338 e. The number of carbonyl (C=O) groups excluding carboxylic acids is 1. The molecule has 0 bridgehead atoms. The average Bonchev–Trinajstić information content (AvgIpc) is 2.54. The zero-order valence-corrected chi connectivity index (χ0v) is 12.8. The Labute approximate surface area is 126 Å². The summed E-state index contributed by atoms with van der Waals surface area (Å²) in [5.74, 6) is 0.0355. The summed E-state index contributed by atoms with van der Waals surface area (Å²) in [5.41, 5.74) is 3.63. The summed E-state index contributed by atoms with van der Waals surface area (Å²) in [6.45, 7) is 4.30. The molecule has 1 unspecified atom stereocenters. The first kappa shape index (κ1) is 15.2. The molecule has 0 spiro atoms. The van der Waals surface area contributed by atoms with E-state index in [-0.39, 0.29) is 5.97 Å². The highest BCUT2D eigenvalue weighted by atomic mass is 16.5. The normalized spacial score (nSPS) is 12.0. The van der Waals surface area contributed by atoms with Crippen molar-refractivity contribution in [2.45, 2.75) is 32.6 Å². The van der Waals surface area contributed by atoms with E-state index in [0.717, 1.165) is 29.7 Å². The fourth-order valence-electron chi connectivity index (χ4n) is 2.55. The third kappa shape index (κ3) is 3.48. The Morgan fingerprint density at radius 1 is 1.29 bits per heavy atom. The molecular weight excluding hydrogens is 262 g/mol. The Morgan fingerprint density at radius 2 is 2.10 bits per heavy atom. The quantitative estimate of drug-likeness (QED) is 0.761. The number of hydrogen-bond acceptors (Lipinski definition) is 3. The summed E-state index contributed by atoms with van der Waals surface area (Å²) < 4.78 is 4.90. The molecule has 2 rings (SSSR count). The lowest BCUT2D eigenvalue weighted by molar-refractivity contribution is 0.0599. The van der Waals surface area contributed by atoms with E-state index in [1.54, 1.807) is 6.20 Å². The van der Waals surface area contributed by atoms with Gasteiger partial charge in [-0.05, 0) is 42.2 Å². The van der Waals surface area contributed by atoms with Crippen molar-refractivity contribution < 1.29 is 9.53 Å². The van der Waals surface area contributed by atoms with Crippen molar-refractivity contribution in [3.63, 3.8) is 0 Å². The van der Waals surface area contributed by atoms with Gasteiger partial charge in [0.25, 0.3) is 0 Å². The molecule has 0 radical (unpaired) electrons. The lowest BCUT2D eigenvalue weighted by atomic mass is 9.90. The van der Waals surface area contributed by atoms with Gasteiger partial charge in [0.05, 0.1) is 18.4 Å². The minimum atomic E-state index is -0.277. The van der Waals surface area contributed by atoms with E-state index in [9.17, 15) is 4.79 Å². The molecule has 0 saturated carbocycles. The van der Waals surface area contributed by atoms with Crippen LogP contribution >= 0.6 is 0 Å². The van der Waals surface area contributed by atoms with Crippen LogP contribution in [0.1, 0.15) is 48.5 Å². The van der Waals surface area contributed by atoms with Crippen LogP contribution in [0.4, 0.5) is 0 Å². The molecule has 21 heavy (non-hydrogen) atoms. The molecule has 1 heterocycles. The molecule has 1 aromatic heterocycles. The van der Waals surface area contributed by atoms with E-state index in [0.29, 0.717) is 11.5 Å². The zero-order chi connectivity index (χ0) is 15.2. The van der Waals surface area contributed by atoms with Crippen LogP contribution in [0.15, 0.2) is 42.6 Å². The van der Waals surface area contributed by atoms with E-state index in [2.05, 4.69) is 24.9 Å². The third-order valence-electron chi connectivity index (χ3n) is 3.67. The van der Waals surface area contributed by atoms with Crippen molar-refractivity contribution in [3.05, 3.63) is 53.7 Å². The minimum Gasteiger partial charge on any atom is -0.465 e. The van der Waals surface area contributed by atoms with Gasteiger partial charge in [-0.2, -0.15) is 0 Å². The number of carbonyl (C=O) groups is 1. The van der Waals surface area contributed by atoms with Gasteiger partial charge in [0.15, 0.2) is 0 Å². The van der Waals surface area contributed by atoms with E-state index >= 15 is 0 Å². The Hall–Kier alpha value is -2.16. The Kier molecular flexibility index (Phi) is 5.09. The molecule has 0 aliphatic carbocycles. The van der Waals surface area contributed by atoms with Crippen molar-refractivity contribution in [3.8, 4) is 11.3 Å². The second-order valence-corrected chi connectivity index (χ2v) is 5.20. The highest BCUT2D eigenvalue weighted by molar-refractivity contribution is 5.92. The van der Waals surface area contributed by atoms with Crippen LogP contribution in [-0.4, -0.2) is 18.1 Å². The molecular formula is C18H21NO2. The lowest BCUT2D eigenvalue weighted by Gasteiger charge is -2.16. The van der Waals surface area contributed by atoms with E-state index in [1.165, 1.54) is 7.11 Å². The summed E-state index contributed by atoms with van der Waals surface area (Å²) in [6, 6.07) is 11.7. The van der Waals surface area contributed by atoms with Crippen molar-refractivity contribution >= 4 is 5.97 Å². The van der Waals surface area contributed by atoms with Crippen LogP contribution in [0.2, 0.25) is 0 Å². The molecule has 110 valence electrons. The number of benzene rings is 1. The van der Waals surface area contributed by atoms with Crippen molar-refractivity contribution in [2.24, 2.45) is 0 Å². The number of nitrogens with zero attached hydrogens (tertiary/aromatic N) is 1. The molecule has 1 aromatic carbocycles. The number of rotatable bonds is 5. The van der Waals surface area contributed by atoms with Crippen LogP contribution in [0.3, 0.4) is 0 Å². The molecule has 0 amide bonds. The van der Waals surface area contributed by atoms with E-state index in [4.69, 9.17) is 4.74 Å². The van der Waals surface area contributed by atoms with Crippen LogP contribution < -0.4 is 0 Å². The number of methoxy groups -OCH3 is 1. The van der Waals surface area contributed by atoms with Crippen LogP contribution in [0, 0.1) is 0 Å². The number of hydrogen-bond donors (Lipinski definition) is 0. The standard InChI is InChI=1S/C18H21NO2/c1-4-7-13(2)16-12-14(17-8-5-6-11-19-17)9-10-15(16)18(20)21-3/h5-6,8-13H,4,7H2,1-3H3. The number of pyridine rings is 1. The summed E-state index contributed by atoms with van der Waals surface area (Å²) >= 11 is 0. The summed E-state index contributed by atoms with van der Waals surface area (Å²) in [6.07, 6.45) is 3.89. The largest absolute Gasteiger partial charge is 0.465 e. The van der Waals surface area contributed by atoms with Gasteiger partial charge in [-0.3, -0.25) is 4.98 Å². The molecule has 3 heteroatoms. The average molecular weight is 283 g/mol. The predicted octanol–water partition coefficient (Wildman–Crippen LogP) is 4.44. The summed E-state index contributed by atoms with van der Waals surface area (Å²) in [7, 11) is 1.42. The lowest BCUT2D eigenvalue weighted by Crippen LogP contribution is -2.08. The topological polar surface area (TPSA) is 39.2 Å². The highest BCUT2D eigenvalue weighted by Gasteiger charge is 2.17. The molecule has 0 saturated heterocycles. The predicted molar refractivity (Wildman–Crippen MR) is 84.3 cm³/mol. The van der Waals surface area contributed by atoms with Gasteiger partial charge < -0.3 is 4.74 Å². The minimum absolute atomic E-state index is 0.277. The van der Waals surface area contributed by atoms with Gasteiger partial charge in [-0.25, -0.2) is 4.79 Å². The van der Waals surface area contributed by atoms with Crippen LogP contribution in [0.5, 0.6) is 0 Å². The van der Waals surface area contributed by atoms with E-state index in [1.807, 2.05) is 30.3 Å². The molecule has 2 aromatic rings. The van der Waals surface area contributed by atoms with Gasteiger partial charge in [0.2, 0.25) is 0 Å². The molecule has 1 atom stereocenters. The first-order valence-corrected chi connectivity index (χ1v) is 7.31. The monoisotopic (exact) mass is 283 g/mol. The molecule has 3 nitrogen and oxygen atoms in total. The van der Waals surface area contributed by atoms with Crippen LogP contribution in [-0.2, 0) is 4.74 Å². The smallest absolute Gasteiger partial charge is 0.338 e. The third-order valence-corrected chi connectivity index (χ3v) is 3.67. The molecule has 0 aliphatic heterocycles. The highest BCUT2D eigenvalue weighted by Crippen LogP contribution is 2.29. The Bertz CT molecular complexity index is 608. The fourth-order valence-corrected chi connectivity index (χ4v) is 2.55. The summed E-state index contributed by atoms with van der Waals surface area (Å²) in [4.78, 5) is 16.3. The first-order chi connectivity index (χ1) is 10.2. The van der Waals surface area contributed by atoms with Crippen molar-refractivity contribution in [1.82, 2.24) is 4.98 Å². The van der Waals surface area contributed by atoms with Gasteiger partial charge in [-0.15, -0.1) is 0 Å². The summed E-state index contributed by atoms with van der Waals surface area (Å²) in [5, 5.41) is 0. The van der Waals surface area contributed by atoms with Gasteiger partial charge in [0, 0.05) is 11.8 Å².